The molecule has 3 aliphatic rings. The molecule has 2 aromatic carbocycles. The molecular weight excluding hydrogens is 440 g/mol. The first-order valence-corrected chi connectivity index (χ1v) is 12.4. The largest absolute Gasteiger partial charge is 0.394 e. The van der Waals surface area contributed by atoms with Gasteiger partial charge in [0, 0.05) is 5.02 Å². The van der Waals surface area contributed by atoms with Crippen molar-refractivity contribution in [2.75, 3.05) is 6.61 Å². The first kappa shape index (κ1) is 23.3. The molecule has 1 aliphatic heterocycles. The summed E-state index contributed by atoms with van der Waals surface area (Å²) in [7, 11) is 0. The Bertz CT molecular complexity index is 961. The molecule has 2 aromatic rings. The van der Waals surface area contributed by atoms with E-state index in [1.807, 2.05) is 6.07 Å². The fraction of sp³-hybridized carbons (Fsp3) is 0.556. The van der Waals surface area contributed by atoms with Crippen molar-refractivity contribution >= 4 is 11.6 Å². The molecule has 0 aromatic heterocycles. The lowest BCUT2D eigenvalue weighted by molar-refractivity contribution is -0.231. The van der Waals surface area contributed by atoms with E-state index in [-0.39, 0.29) is 0 Å². The Morgan fingerprint density at radius 3 is 2.15 bits per heavy atom. The average molecular weight is 473 g/mol. The van der Waals surface area contributed by atoms with Gasteiger partial charge in [-0.2, -0.15) is 0 Å². The van der Waals surface area contributed by atoms with Crippen LogP contribution in [0.2, 0.25) is 5.02 Å². The lowest BCUT2D eigenvalue weighted by Gasteiger charge is -2.40. The summed E-state index contributed by atoms with van der Waals surface area (Å²) in [6, 6.07) is 14.2. The molecule has 1 heterocycles. The standard InChI is InChI=1S/C27H33ClO5/c28-21-6-5-19(26-25(32)24(31)23(30)22(15-29)33-26)14-20(21)13-16-1-3-17(4-2-16)18-7-9-27(10-8-18)11-12-27/h1-6,14,18,22-26,29-32H,7-13,15H2/t22-,23-,24+,25-,26+/m1/s1. The van der Waals surface area contributed by atoms with E-state index in [9.17, 15) is 20.4 Å². The second-order valence-electron chi connectivity index (χ2n) is 10.3. The van der Waals surface area contributed by atoms with E-state index in [1.165, 1.54) is 44.1 Å². The quantitative estimate of drug-likeness (QED) is 0.530. The van der Waals surface area contributed by atoms with Crippen LogP contribution >= 0.6 is 11.6 Å². The van der Waals surface area contributed by atoms with Crippen LogP contribution in [0.4, 0.5) is 0 Å². The minimum absolute atomic E-state index is 0.448. The summed E-state index contributed by atoms with van der Waals surface area (Å²) >= 11 is 6.48. The molecule has 1 spiro atoms. The van der Waals surface area contributed by atoms with E-state index >= 15 is 0 Å². The van der Waals surface area contributed by atoms with Crippen LogP contribution in [0.15, 0.2) is 42.5 Å². The monoisotopic (exact) mass is 472 g/mol. The summed E-state index contributed by atoms with van der Waals surface area (Å²) in [6.45, 7) is -0.448. The van der Waals surface area contributed by atoms with E-state index in [1.54, 1.807) is 12.1 Å². The average Bonchev–Trinajstić information content (AvgIpc) is 3.59. The van der Waals surface area contributed by atoms with Gasteiger partial charge in [0.25, 0.3) is 0 Å². The fourth-order valence-electron chi connectivity index (χ4n) is 5.65. The predicted molar refractivity (Wildman–Crippen MR) is 126 cm³/mol. The van der Waals surface area contributed by atoms with Gasteiger partial charge in [0.15, 0.2) is 0 Å². The topological polar surface area (TPSA) is 90.2 Å². The van der Waals surface area contributed by atoms with Gasteiger partial charge in [0.2, 0.25) is 0 Å². The maximum absolute atomic E-state index is 10.5. The van der Waals surface area contributed by atoms with Crippen molar-refractivity contribution in [2.24, 2.45) is 5.41 Å². The normalized spacial score (nSPS) is 31.6. The van der Waals surface area contributed by atoms with Gasteiger partial charge in [-0.3, -0.25) is 0 Å². The van der Waals surface area contributed by atoms with E-state index in [0.717, 1.165) is 11.1 Å². The zero-order chi connectivity index (χ0) is 23.2. The Labute approximate surface area is 200 Å². The summed E-state index contributed by atoms with van der Waals surface area (Å²) in [4.78, 5) is 0. The highest BCUT2D eigenvalue weighted by atomic mass is 35.5. The van der Waals surface area contributed by atoms with Crippen molar-refractivity contribution < 1.29 is 25.2 Å². The third kappa shape index (κ3) is 4.72. The first-order valence-electron chi connectivity index (χ1n) is 12.1. The molecule has 5 atom stereocenters. The van der Waals surface area contributed by atoms with Crippen LogP contribution < -0.4 is 0 Å². The van der Waals surface area contributed by atoms with Gasteiger partial charge in [-0.15, -0.1) is 0 Å². The maximum atomic E-state index is 10.5. The van der Waals surface area contributed by atoms with Crippen LogP contribution in [-0.2, 0) is 11.2 Å². The van der Waals surface area contributed by atoms with E-state index < -0.39 is 37.1 Å². The zero-order valence-corrected chi connectivity index (χ0v) is 19.5. The molecule has 0 radical (unpaired) electrons. The maximum Gasteiger partial charge on any atom is 0.113 e. The van der Waals surface area contributed by atoms with Crippen molar-refractivity contribution in [3.63, 3.8) is 0 Å². The third-order valence-electron chi connectivity index (χ3n) is 8.14. The van der Waals surface area contributed by atoms with Crippen molar-refractivity contribution in [1.82, 2.24) is 0 Å². The summed E-state index contributed by atoms with van der Waals surface area (Å²) in [5.74, 6) is 0.670. The Kier molecular flexibility index (Phi) is 6.55. The summed E-state index contributed by atoms with van der Waals surface area (Å²) in [5, 5.41) is 40.7. The Balaban J connectivity index is 1.29. The Hall–Kier alpha value is -1.47. The van der Waals surface area contributed by atoms with Crippen LogP contribution in [0, 0.1) is 5.41 Å². The Morgan fingerprint density at radius 1 is 0.848 bits per heavy atom. The van der Waals surface area contributed by atoms with Crippen molar-refractivity contribution in [3.8, 4) is 0 Å². The molecule has 0 amide bonds. The fourth-order valence-corrected chi connectivity index (χ4v) is 5.84. The minimum Gasteiger partial charge on any atom is -0.394 e. The molecule has 2 aliphatic carbocycles. The SMILES string of the molecule is OC[C@H]1O[C@@H](c2ccc(Cl)c(Cc3ccc(C4CCC5(CC4)CC5)cc3)c2)[C@H](O)[C@@H](O)[C@@H]1O. The molecule has 5 rings (SSSR count). The first-order chi connectivity index (χ1) is 15.9. The number of hydrogen-bond acceptors (Lipinski definition) is 5. The van der Waals surface area contributed by atoms with Gasteiger partial charge in [-0.25, -0.2) is 0 Å². The van der Waals surface area contributed by atoms with Crippen molar-refractivity contribution in [2.45, 2.75) is 81.4 Å². The summed E-state index contributed by atoms with van der Waals surface area (Å²) < 4.78 is 5.71. The van der Waals surface area contributed by atoms with Crippen LogP contribution in [0.1, 0.15) is 72.8 Å². The molecule has 6 heteroatoms. The third-order valence-corrected chi connectivity index (χ3v) is 8.51. The molecule has 2 saturated carbocycles. The van der Waals surface area contributed by atoms with Crippen LogP contribution in [0.25, 0.3) is 0 Å². The number of hydrogen-bond donors (Lipinski definition) is 4. The molecule has 0 unspecified atom stereocenters. The number of ether oxygens (including phenoxy) is 1. The highest BCUT2D eigenvalue weighted by Crippen LogP contribution is 2.58. The highest BCUT2D eigenvalue weighted by Gasteiger charge is 2.45. The molecule has 3 fully saturated rings. The number of aliphatic hydroxyl groups excluding tert-OH is 4. The van der Waals surface area contributed by atoms with Gasteiger partial charge >= 0.3 is 0 Å². The molecule has 178 valence electrons. The van der Waals surface area contributed by atoms with Crippen LogP contribution in [0.5, 0.6) is 0 Å². The summed E-state index contributed by atoms with van der Waals surface area (Å²) in [5.41, 5.74) is 4.84. The van der Waals surface area contributed by atoms with Crippen LogP contribution in [0.3, 0.4) is 0 Å². The second kappa shape index (κ2) is 9.29. The molecule has 4 N–H and O–H groups in total. The van der Waals surface area contributed by atoms with Crippen molar-refractivity contribution in [3.05, 3.63) is 69.7 Å². The van der Waals surface area contributed by atoms with E-state index in [4.69, 9.17) is 16.3 Å². The van der Waals surface area contributed by atoms with E-state index in [0.29, 0.717) is 28.3 Å². The van der Waals surface area contributed by atoms with Gasteiger partial charge < -0.3 is 25.2 Å². The van der Waals surface area contributed by atoms with Crippen molar-refractivity contribution in [1.29, 1.82) is 0 Å². The molecule has 33 heavy (non-hydrogen) atoms. The molecular formula is C27H33ClO5. The smallest absolute Gasteiger partial charge is 0.113 e. The summed E-state index contributed by atoms with van der Waals surface area (Å²) in [6.07, 6.45) is 2.98. The van der Waals surface area contributed by atoms with Gasteiger partial charge in [-0.05, 0) is 84.6 Å². The lowest BCUT2D eigenvalue weighted by Crippen LogP contribution is -2.55. The number of benzene rings is 2. The van der Waals surface area contributed by atoms with Gasteiger partial charge in [0.05, 0.1) is 6.61 Å². The second-order valence-corrected chi connectivity index (χ2v) is 10.7. The van der Waals surface area contributed by atoms with E-state index in [2.05, 4.69) is 24.3 Å². The number of aliphatic hydroxyl groups is 4. The highest BCUT2D eigenvalue weighted by molar-refractivity contribution is 6.31. The van der Waals surface area contributed by atoms with Gasteiger partial charge in [0.1, 0.15) is 30.5 Å². The minimum atomic E-state index is -1.40. The number of halogens is 1. The lowest BCUT2D eigenvalue weighted by atomic mass is 9.77. The molecule has 1 saturated heterocycles. The van der Waals surface area contributed by atoms with Crippen LogP contribution in [-0.4, -0.2) is 51.4 Å². The van der Waals surface area contributed by atoms with Gasteiger partial charge in [-0.1, -0.05) is 48.0 Å². The predicted octanol–water partition coefficient (Wildman–Crippen LogP) is 3.88. The number of rotatable bonds is 5. The Morgan fingerprint density at radius 2 is 1.52 bits per heavy atom. The zero-order valence-electron chi connectivity index (χ0n) is 18.7. The molecule has 0 bridgehead atoms. The molecule has 5 nitrogen and oxygen atoms in total.